The zero-order chi connectivity index (χ0) is 16.5. The number of ether oxygens (including phenoxy) is 2. The molecule has 0 saturated carbocycles. The second kappa shape index (κ2) is 6.45. The Bertz CT molecular complexity index is 885. The lowest BCUT2D eigenvalue weighted by Gasteiger charge is -2.07. The zero-order valence-electron chi connectivity index (χ0n) is 12.8. The van der Waals surface area contributed by atoms with Crippen LogP contribution in [0.3, 0.4) is 0 Å². The summed E-state index contributed by atoms with van der Waals surface area (Å²) in [6, 6.07) is 7.79. The van der Waals surface area contributed by atoms with Gasteiger partial charge in [-0.15, -0.1) is 10.2 Å². The molecular weight excluding hydrogens is 392 g/mol. The first-order chi connectivity index (χ1) is 11.7. The van der Waals surface area contributed by atoms with Crippen molar-refractivity contribution in [3.05, 3.63) is 46.7 Å². The molecule has 3 aromatic rings. The summed E-state index contributed by atoms with van der Waals surface area (Å²) in [5.41, 5.74) is 2.12. The number of rotatable bonds is 4. The van der Waals surface area contributed by atoms with E-state index >= 15 is 0 Å². The van der Waals surface area contributed by atoms with Gasteiger partial charge in [0.1, 0.15) is 0 Å². The summed E-state index contributed by atoms with van der Waals surface area (Å²) in [4.78, 5) is 4.03. The minimum Gasteiger partial charge on any atom is -0.454 e. The molecule has 4 rings (SSSR count). The summed E-state index contributed by atoms with van der Waals surface area (Å²) in [6.45, 7) is 0.275. The lowest BCUT2D eigenvalue weighted by Crippen LogP contribution is -1.95. The van der Waals surface area contributed by atoms with Gasteiger partial charge in [0.2, 0.25) is 6.79 Å². The van der Waals surface area contributed by atoms with E-state index in [0.29, 0.717) is 0 Å². The van der Waals surface area contributed by atoms with E-state index in [-0.39, 0.29) is 6.79 Å². The van der Waals surface area contributed by atoms with Crippen LogP contribution in [0.5, 0.6) is 11.5 Å². The highest BCUT2D eigenvalue weighted by Gasteiger charge is 2.17. The van der Waals surface area contributed by atoms with E-state index in [9.17, 15) is 0 Å². The molecule has 0 bridgehead atoms. The molecule has 0 fully saturated rings. The fourth-order valence-corrected chi connectivity index (χ4v) is 3.96. The van der Waals surface area contributed by atoms with Crippen LogP contribution in [0.25, 0.3) is 11.4 Å². The normalized spacial score (nSPS) is 12.6. The van der Waals surface area contributed by atoms with Gasteiger partial charge < -0.3 is 14.0 Å². The van der Waals surface area contributed by atoms with Crippen LogP contribution in [0.15, 0.2) is 46.3 Å². The molecule has 1 aliphatic heterocycles. The summed E-state index contributed by atoms with van der Waals surface area (Å²) >= 11 is 5.21. The molecule has 1 aliphatic rings. The van der Waals surface area contributed by atoms with Crippen LogP contribution in [0.1, 0.15) is 5.56 Å². The average molecular weight is 405 g/mol. The highest BCUT2D eigenvalue weighted by Crippen LogP contribution is 2.38. The second-order valence-electron chi connectivity index (χ2n) is 5.19. The van der Waals surface area contributed by atoms with Gasteiger partial charge in [0, 0.05) is 35.2 Å². The largest absolute Gasteiger partial charge is 0.454 e. The first-order valence-corrected chi connectivity index (χ1v) is 9.01. The van der Waals surface area contributed by atoms with Crippen molar-refractivity contribution in [2.24, 2.45) is 7.05 Å². The molecule has 1 aromatic carbocycles. The Balaban J connectivity index is 1.54. The molecule has 24 heavy (non-hydrogen) atoms. The van der Waals surface area contributed by atoms with Gasteiger partial charge in [-0.3, -0.25) is 4.98 Å². The molecule has 0 amide bonds. The summed E-state index contributed by atoms with van der Waals surface area (Å²) in [5.74, 6) is 3.13. The van der Waals surface area contributed by atoms with Gasteiger partial charge in [-0.2, -0.15) is 0 Å². The topological polar surface area (TPSA) is 62.1 Å². The lowest BCUT2D eigenvalue weighted by molar-refractivity contribution is 0.174. The number of aromatic nitrogens is 4. The minimum absolute atomic E-state index is 0.275. The fraction of sp³-hybridized carbons (Fsp3) is 0.188. The Labute approximate surface area is 151 Å². The first-order valence-electron chi connectivity index (χ1n) is 7.23. The third kappa shape index (κ3) is 2.87. The van der Waals surface area contributed by atoms with Gasteiger partial charge in [0.15, 0.2) is 22.5 Å². The van der Waals surface area contributed by atoms with Gasteiger partial charge in [-0.25, -0.2) is 0 Å². The number of benzene rings is 1. The molecule has 6 nitrogen and oxygen atoms in total. The van der Waals surface area contributed by atoms with Gasteiger partial charge in [-0.1, -0.05) is 27.7 Å². The van der Waals surface area contributed by atoms with Crippen LogP contribution < -0.4 is 9.47 Å². The SMILES string of the molecule is Cn1c(SCc2cc3c(cc2Br)OCO3)nnc1-c1ccncc1. The van der Waals surface area contributed by atoms with Crippen molar-refractivity contribution in [1.82, 2.24) is 19.7 Å². The molecule has 8 heteroatoms. The third-order valence-corrected chi connectivity index (χ3v) is 5.48. The molecule has 3 heterocycles. The van der Waals surface area contributed by atoms with Crippen molar-refractivity contribution in [1.29, 1.82) is 0 Å². The van der Waals surface area contributed by atoms with Crippen molar-refractivity contribution in [2.75, 3.05) is 6.79 Å². The highest BCUT2D eigenvalue weighted by atomic mass is 79.9. The Morgan fingerprint density at radius 3 is 2.71 bits per heavy atom. The number of fused-ring (bicyclic) bond motifs is 1. The predicted molar refractivity (Wildman–Crippen MR) is 94.1 cm³/mol. The first kappa shape index (κ1) is 15.5. The van der Waals surface area contributed by atoms with Crippen molar-refractivity contribution in [3.63, 3.8) is 0 Å². The molecule has 0 saturated heterocycles. The van der Waals surface area contributed by atoms with Crippen molar-refractivity contribution < 1.29 is 9.47 Å². The molecule has 0 spiro atoms. The fourth-order valence-electron chi connectivity index (χ4n) is 2.41. The number of hydrogen-bond donors (Lipinski definition) is 0. The maximum Gasteiger partial charge on any atom is 0.231 e. The summed E-state index contributed by atoms with van der Waals surface area (Å²) < 4.78 is 13.8. The van der Waals surface area contributed by atoms with Crippen LogP contribution in [0.4, 0.5) is 0 Å². The maximum atomic E-state index is 5.44. The Morgan fingerprint density at radius 2 is 1.92 bits per heavy atom. The summed E-state index contributed by atoms with van der Waals surface area (Å²) in [5, 5.41) is 9.43. The van der Waals surface area contributed by atoms with E-state index in [1.54, 1.807) is 24.2 Å². The quantitative estimate of drug-likeness (QED) is 0.618. The number of halogens is 1. The maximum absolute atomic E-state index is 5.44. The van der Waals surface area contributed by atoms with Crippen LogP contribution in [-0.4, -0.2) is 26.5 Å². The second-order valence-corrected chi connectivity index (χ2v) is 6.98. The molecule has 0 N–H and O–H groups in total. The molecular formula is C16H13BrN4O2S. The Morgan fingerprint density at radius 1 is 1.17 bits per heavy atom. The average Bonchev–Trinajstić information content (AvgIpc) is 3.19. The molecule has 122 valence electrons. The molecule has 0 unspecified atom stereocenters. The van der Waals surface area contributed by atoms with Crippen LogP contribution >= 0.6 is 27.7 Å². The molecule has 0 aliphatic carbocycles. The van der Waals surface area contributed by atoms with Gasteiger partial charge >= 0.3 is 0 Å². The van der Waals surface area contributed by atoms with Gasteiger partial charge in [-0.05, 0) is 29.8 Å². The summed E-state index contributed by atoms with van der Waals surface area (Å²) in [7, 11) is 1.97. The Kier molecular flexibility index (Phi) is 4.15. The van der Waals surface area contributed by atoms with Crippen LogP contribution in [0.2, 0.25) is 0 Å². The smallest absolute Gasteiger partial charge is 0.231 e. The molecule has 2 aromatic heterocycles. The van der Waals surface area contributed by atoms with Crippen LogP contribution in [0, 0.1) is 0 Å². The number of nitrogens with zero attached hydrogens (tertiary/aromatic N) is 4. The van der Waals surface area contributed by atoms with Gasteiger partial charge in [0.05, 0.1) is 0 Å². The van der Waals surface area contributed by atoms with Gasteiger partial charge in [0.25, 0.3) is 0 Å². The van der Waals surface area contributed by atoms with E-state index in [1.807, 2.05) is 35.9 Å². The van der Waals surface area contributed by atoms with Crippen molar-refractivity contribution >= 4 is 27.7 Å². The van der Waals surface area contributed by atoms with E-state index < -0.39 is 0 Å². The molecule has 0 atom stereocenters. The standard InChI is InChI=1S/C16H13BrN4O2S/c1-21-15(10-2-4-18-5-3-10)19-20-16(21)24-8-11-6-13-14(7-12(11)17)23-9-22-13/h2-7H,8-9H2,1H3. The van der Waals surface area contributed by atoms with Crippen molar-refractivity contribution in [2.45, 2.75) is 10.9 Å². The highest BCUT2D eigenvalue weighted by molar-refractivity contribution is 9.10. The number of thioether (sulfide) groups is 1. The van der Waals surface area contributed by atoms with E-state index in [4.69, 9.17) is 9.47 Å². The van der Waals surface area contributed by atoms with Crippen molar-refractivity contribution in [3.8, 4) is 22.9 Å². The van der Waals surface area contributed by atoms with E-state index in [0.717, 1.165) is 43.8 Å². The minimum atomic E-state index is 0.275. The monoisotopic (exact) mass is 404 g/mol. The number of hydrogen-bond acceptors (Lipinski definition) is 6. The van der Waals surface area contributed by atoms with Crippen LogP contribution in [-0.2, 0) is 12.8 Å². The summed E-state index contributed by atoms with van der Waals surface area (Å²) in [6.07, 6.45) is 3.50. The van der Waals surface area contributed by atoms with E-state index in [2.05, 4.69) is 31.1 Å². The lowest BCUT2D eigenvalue weighted by atomic mass is 10.2. The predicted octanol–water partition coefficient (Wildman–Crippen LogP) is 3.66. The Hall–Kier alpha value is -2.06. The number of pyridine rings is 1. The zero-order valence-corrected chi connectivity index (χ0v) is 15.2. The molecule has 0 radical (unpaired) electrons. The third-order valence-electron chi connectivity index (χ3n) is 3.67. The van der Waals surface area contributed by atoms with E-state index in [1.165, 1.54) is 0 Å².